The minimum absolute atomic E-state index is 0.117. The summed E-state index contributed by atoms with van der Waals surface area (Å²) in [5, 5.41) is 2.76. The van der Waals surface area contributed by atoms with Crippen molar-refractivity contribution in [2.24, 2.45) is 17.6 Å². The van der Waals surface area contributed by atoms with Crippen molar-refractivity contribution in [2.75, 3.05) is 0 Å². The molecule has 0 aromatic heterocycles. The van der Waals surface area contributed by atoms with Crippen LogP contribution in [0.25, 0.3) is 0 Å². The highest BCUT2D eigenvalue weighted by Crippen LogP contribution is 2.12. The number of hydrogen-bond acceptors (Lipinski definition) is 2. The topological polar surface area (TPSA) is 72.2 Å². The highest BCUT2D eigenvalue weighted by Gasteiger charge is 2.23. The molecular weight excluding hydrogens is 240 g/mol. The van der Waals surface area contributed by atoms with Gasteiger partial charge in [0, 0.05) is 12.3 Å². The second-order valence-electron chi connectivity index (χ2n) is 5.21. The normalized spacial score (nSPS) is 13.3. The predicted octanol–water partition coefficient (Wildman–Crippen LogP) is 1.83. The lowest BCUT2D eigenvalue weighted by Crippen LogP contribution is -2.47. The summed E-state index contributed by atoms with van der Waals surface area (Å²) < 4.78 is 0. The van der Waals surface area contributed by atoms with Gasteiger partial charge >= 0.3 is 0 Å². The fourth-order valence-electron chi connectivity index (χ4n) is 1.91. The van der Waals surface area contributed by atoms with Crippen LogP contribution in [0.15, 0.2) is 0 Å². The van der Waals surface area contributed by atoms with Crippen LogP contribution in [0, 0.1) is 23.7 Å². The molecule has 0 heterocycles. The number of primary amides is 1. The molecule has 4 nitrogen and oxygen atoms in total. The molecule has 108 valence electrons. The summed E-state index contributed by atoms with van der Waals surface area (Å²) in [7, 11) is 0. The van der Waals surface area contributed by atoms with Gasteiger partial charge in [-0.25, -0.2) is 0 Å². The Bertz CT molecular complexity index is 353. The molecule has 0 fully saturated rings. The SMILES string of the molecule is CC#CC[C@@H](CCC)C(=O)N[C@@H](CC(C)C)C(N)=O. The molecule has 3 N–H and O–H groups in total. The summed E-state index contributed by atoms with van der Waals surface area (Å²) in [6.45, 7) is 7.77. The van der Waals surface area contributed by atoms with Crippen LogP contribution in [0.2, 0.25) is 0 Å². The molecule has 0 aromatic carbocycles. The molecule has 0 aliphatic heterocycles. The molecule has 0 radical (unpaired) electrons. The number of amides is 2. The molecule has 4 heteroatoms. The number of nitrogens with one attached hydrogen (secondary N) is 1. The Morgan fingerprint density at radius 3 is 2.37 bits per heavy atom. The van der Waals surface area contributed by atoms with E-state index in [-0.39, 0.29) is 11.8 Å². The summed E-state index contributed by atoms with van der Waals surface area (Å²) in [6, 6.07) is -0.582. The second-order valence-corrected chi connectivity index (χ2v) is 5.21. The molecule has 0 saturated heterocycles. The van der Waals surface area contributed by atoms with Gasteiger partial charge in [0.15, 0.2) is 0 Å². The predicted molar refractivity (Wildman–Crippen MR) is 77.0 cm³/mol. The average Bonchev–Trinajstić information content (AvgIpc) is 2.32. The van der Waals surface area contributed by atoms with Crippen molar-refractivity contribution in [2.45, 2.75) is 59.4 Å². The van der Waals surface area contributed by atoms with Crippen LogP contribution in [0.5, 0.6) is 0 Å². The summed E-state index contributed by atoms with van der Waals surface area (Å²) in [5.41, 5.74) is 5.33. The van der Waals surface area contributed by atoms with Crippen LogP contribution < -0.4 is 11.1 Å². The van der Waals surface area contributed by atoms with Gasteiger partial charge in [-0.15, -0.1) is 11.8 Å². The van der Waals surface area contributed by atoms with Crippen LogP contribution in [-0.4, -0.2) is 17.9 Å². The van der Waals surface area contributed by atoms with E-state index in [1.807, 2.05) is 20.8 Å². The van der Waals surface area contributed by atoms with Crippen molar-refractivity contribution in [3.8, 4) is 11.8 Å². The molecule has 0 aliphatic rings. The van der Waals surface area contributed by atoms with Crippen molar-refractivity contribution in [3.63, 3.8) is 0 Å². The number of carbonyl (C=O) groups excluding carboxylic acids is 2. The Hall–Kier alpha value is -1.50. The van der Waals surface area contributed by atoms with Crippen LogP contribution in [-0.2, 0) is 9.59 Å². The van der Waals surface area contributed by atoms with Gasteiger partial charge in [0.25, 0.3) is 0 Å². The van der Waals surface area contributed by atoms with Gasteiger partial charge in [-0.05, 0) is 25.7 Å². The minimum Gasteiger partial charge on any atom is -0.368 e. The standard InChI is InChI=1S/C15H26N2O2/c1-5-7-9-12(8-6-2)15(19)17-13(14(16)18)10-11(3)4/h11-13H,6,8-10H2,1-4H3,(H2,16,18)(H,17,19)/t12-,13+/m1/s1. The van der Waals surface area contributed by atoms with E-state index in [0.29, 0.717) is 18.8 Å². The second kappa shape index (κ2) is 9.43. The van der Waals surface area contributed by atoms with Gasteiger partial charge in [0.2, 0.25) is 11.8 Å². The zero-order valence-electron chi connectivity index (χ0n) is 12.5. The van der Waals surface area contributed by atoms with E-state index in [9.17, 15) is 9.59 Å². The first kappa shape index (κ1) is 17.5. The Balaban J connectivity index is 4.63. The maximum atomic E-state index is 12.1. The first-order valence-corrected chi connectivity index (χ1v) is 6.91. The molecule has 19 heavy (non-hydrogen) atoms. The summed E-state index contributed by atoms with van der Waals surface area (Å²) >= 11 is 0. The molecule has 2 amide bonds. The molecule has 0 rings (SSSR count). The molecule has 0 bridgehead atoms. The number of hydrogen-bond donors (Lipinski definition) is 2. The molecule has 0 spiro atoms. The third-order valence-electron chi connectivity index (χ3n) is 2.90. The zero-order valence-corrected chi connectivity index (χ0v) is 12.5. The number of carbonyl (C=O) groups is 2. The lowest BCUT2D eigenvalue weighted by Gasteiger charge is -2.20. The van der Waals surface area contributed by atoms with Crippen LogP contribution in [0.3, 0.4) is 0 Å². The van der Waals surface area contributed by atoms with Crippen molar-refractivity contribution < 1.29 is 9.59 Å². The van der Waals surface area contributed by atoms with Gasteiger partial charge in [-0.1, -0.05) is 27.2 Å². The lowest BCUT2D eigenvalue weighted by atomic mass is 9.97. The lowest BCUT2D eigenvalue weighted by molar-refractivity contribution is -0.130. The molecule has 2 atom stereocenters. The molecule has 0 aliphatic carbocycles. The van der Waals surface area contributed by atoms with Crippen molar-refractivity contribution in [1.29, 1.82) is 0 Å². The molecule has 0 aromatic rings. The van der Waals surface area contributed by atoms with Crippen LogP contribution in [0.1, 0.15) is 53.4 Å². The third-order valence-corrected chi connectivity index (χ3v) is 2.90. The monoisotopic (exact) mass is 266 g/mol. The Kier molecular flexibility index (Phi) is 8.69. The van der Waals surface area contributed by atoms with Crippen LogP contribution >= 0.6 is 0 Å². The summed E-state index contributed by atoms with van der Waals surface area (Å²) in [5.74, 6) is 5.28. The maximum absolute atomic E-state index is 12.1. The molecular formula is C15H26N2O2. The van der Waals surface area contributed by atoms with Gasteiger partial charge in [0.1, 0.15) is 6.04 Å². The maximum Gasteiger partial charge on any atom is 0.240 e. The largest absolute Gasteiger partial charge is 0.368 e. The van der Waals surface area contributed by atoms with Crippen molar-refractivity contribution in [1.82, 2.24) is 5.32 Å². The van der Waals surface area contributed by atoms with E-state index in [1.54, 1.807) is 6.92 Å². The Morgan fingerprint density at radius 2 is 1.95 bits per heavy atom. The zero-order chi connectivity index (χ0) is 14.8. The quantitative estimate of drug-likeness (QED) is 0.658. The Morgan fingerprint density at radius 1 is 1.32 bits per heavy atom. The molecule has 0 unspecified atom stereocenters. The van der Waals surface area contributed by atoms with Crippen molar-refractivity contribution >= 4 is 11.8 Å². The smallest absolute Gasteiger partial charge is 0.240 e. The van der Waals surface area contributed by atoms with Gasteiger partial charge in [-0.3, -0.25) is 9.59 Å². The van der Waals surface area contributed by atoms with Gasteiger partial charge in [-0.2, -0.15) is 0 Å². The van der Waals surface area contributed by atoms with E-state index in [2.05, 4.69) is 17.2 Å². The summed E-state index contributed by atoms with van der Waals surface area (Å²) in [4.78, 5) is 23.5. The van der Waals surface area contributed by atoms with E-state index in [1.165, 1.54) is 0 Å². The van der Waals surface area contributed by atoms with Crippen molar-refractivity contribution in [3.05, 3.63) is 0 Å². The fraction of sp³-hybridized carbons (Fsp3) is 0.733. The first-order valence-electron chi connectivity index (χ1n) is 6.91. The Labute approximate surface area is 116 Å². The van der Waals surface area contributed by atoms with E-state index < -0.39 is 11.9 Å². The van der Waals surface area contributed by atoms with Gasteiger partial charge < -0.3 is 11.1 Å². The highest BCUT2D eigenvalue weighted by atomic mass is 16.2. The van der Waals surface area contributed by atoms with E-state index in [4.69, 9.17) is 5.73 Å². The van der Waals surface area contributed by atoms with E-state index in [0.717, 1.165) is 12.8 Å². The minimum atomic E-state index is -0.582. The summed E-state index contributed by atoms with van der Waals surface area (Å²) in [6.07, 6.45) is 2.78. The average molecular weight is 266 g/mol. The number of rotatable bonds is 8. The highest BCUT2D eigenvalue weighted by molar-refractivity contribution is 5.87. The van der Waals surface area contributed by atoms with E-state index >= 15 is 0 Å². The fourth-order valence-corrected chi connectivity index (χ4v) is 1.91. The van der Waals surface area contributed by atoms with Gasteiger partial charge in [0.05, 0.1) is 0 Å². The van der Waals surface area contributed by atoms with Crippen LogP contribution in [0.4, 0.5) is 0 Å². The molecule has 0 saturated carbocycles. The first-order chi connectivity index (χ1) is 8.92. The third kappa shape index (κ3) is 7.50. The number of nitrogens with two attached hydrogens (primary N) is 1.